The van der Waals surface area contributed by atoms with Crippen molar-refractivity contribution in [2.75, 3.05) is 32.8 Å². The zero-order chi connectivity index (χ0) is 20.4. The first kappa shape index (κ1) is 33.1. The molecule has 4 saturated heterocycles. The Hall–Kier alpha value is 0.892. The van der Waals surface area contributed by atoms with Crippen LogP contribution in [0, 0.1) is 42.4 Å². The molecule has 0 aliphatic carbocycles. The van der Waals surface area contributed by atoms with Crippen molar-refractivity contribution in [3.05, 3.63) is 11.2 Å². The van der Waals surface area contributed by atoms with Crippen LogP contribution in [0.3, 0.4) is 0 Å². The first-order chi connectivity index (χ1) is 12.3. The second-order valence-corrected chi connectivity index (χ2v) is 11.6. The normalized spacial score (nSPS) is 29.8. The summed E-state index contributed by atoms with van der Waals surface area (Å²) < 4.78 is 5.26. The predicted molar refractivity (Wildman–Crippen MR) is 130 cm³/mol. The summed E-state index contributed by atoms with van der Waals surface area (Å²) >= 11 is 0. The Kier molecular flexibility index (Phi) is 14.9. The summed E-state index contributed by atoms with van der Waals surface area (Å²) in [6.45, 7) is 26.0. The number of fused-ring (bicyclic) bond motifs is 4. The Morgan fingerprint density at radius 1 is 0.933 bits per heavy atom. The van der Waals surface area contributed by atoms with Gasteiger partial charge in [0.05, 0.1) is 0 Å². The Balaban J connectivity index is 0. The number of hydrogen-bond acceptors (Lipinski definition) is 3. The monoisotopic (exact) mass is 649 g/mol. The molecule has 5 heteroatoms. The molecule has 4 rings (SSSR count). The molecule has 4 fully saturated rings. The van der Waals surface area contributed by atoms with Crippen LogP contribution >= 0.6 is 0 Å². The van der Waals surface area contributed by atoms with Gasteiger partial charge in [-0.15, -0.1) is 12.6 Å². The van der Waals surface area contributed by atoms with Crippen molar-refractivity contribution in [1.82, 2.24) is 9.80 Å². The maximum absolute atomic E-state index is 5.26. The van der Waals surface area contributed by atoms with E-state index in [-0.39, 0.29) is 46.0 Å². The minimum absolute atomic E-state index is 0. The molecular formula is C25H53N3OU. The van der Waals surface area contributed by atoms with Crippen LogP contribution in [0.15, 0.2) is 0 Å². The van der Waals surface area contributed by atoms with Crippen LogP contribution in [0.5, 0.6) is 0 Å². The van der Waals surface area contributed by atoms with Gasteiger partial charge < -0.3 is 16.0 Å². The van der Waals surface area contributed by atoms with Crippen LogP contribution in [-0.2, 0) is 4.74 Å². The molecular weight excluding hydrogens is 596 g/mol. The Morgan fingerprint density at radius 2 is 1.50 bits per heavy atom. The summed E-state index contributed by atoms with van der Waals surface area (Å²) in [5.74, 6) is 1.42. The average Bonchev–Trinajstić information content (AvgIpc) is 3.26. The van der Waals surface area contributed by atoms with Crippen LogP contribution in [0.4, 0.5) is 0 Å². The van der Waals surface area contributed by atoms with E-state index >= 15 is 0 Å². The van der Waals surface area contributed by atoms with E-state index in [1.54, 1.807) is 0 Å². The second-order valence-electron chi connectivity index (χ2n) is 11.6. The number of likely N-dealkylation sites (tertiary alicyclic amines) is 2. The molecule has 30 heavy (non-hydrogen) atoms. The molecule has 0 aromatic carbocycles. The largest absolute Gasteiger partial charge is 2.00 e. The van der Waals surface area contributed by atoms with E-state index in [1.807, 2.05) is 0 Å². The van der Waals surface area contributed by atoms with Gasteiger partial charge in [-0.1, -0.05) is 35.6 Å². The number of piperazine rings is 1. The summed E-state index contributed by atoms with van der Waals surface area (Å²) in [6, 6.07) is 2.21. The summed E-state index contributed by atoms with van der Waals surface area (Å²) in [5.41, 5.74) is 0.796. The van der Waals surface area contributed by atoms with Gasteiger partial charge in [0, 0.05) is 50.0 Å². The van der Waals surface area contributed by atoms with Crippen LogP contribution in [0.25, 0.3) is 5.32 Å². The fourth-order valence-corrected chi connectivity index (χ4v) is 4.58. The van der Waals surface area contributed by atoms with Gasteiger partial charge in [0.1, 0.15) is 0 Å². The fraction of sp³-hybridized carbons (Fsp3) is 0.960. The Bertz CT molecular complexity index is 438. The number of rotatable bonds is 1. The van der Waals surface area contributed by atoms with E-state index < -0.39 is 0 Å². The zero-order valence-corrected chi connectivity index (χ0v) is 24.2. The number of hydrogen-bond donors (Lipinski definition) is 0. The standard InChI is InChI=1S/C14H28N2.C5H8NO.C4H9.2CH4.U/c1-13(2,3)10-15-8-12-7-11(15)9-16(12)14(4,5)6;1-4-3-7-5(1)2-6-4;1-4(2)3;;;/h11-12H,7-10H2,1-6H3;4-5H,1-3H2;1-3H3;2*1H4;/q;2*-1;;;+2. The third kappa shape index (κ3) is 10.7. The second kappa shape index (κ2) is 13.6. The molecule has 0 radical (unpaired) electrons. The third-order valence-electron chi connectivity index (χ3n) is 5.52. The predicted octanol–water partition coefficient (Wildman–Crippen LogP) is 6.01. The van der Waals surface area contributed by atoms with Gasteiger partial charge in [-0.2, -0.15) is 20.8 Å². The summed E-state index contributed by atoms with van der Waals surface area (Å²) in [6.07, 6.45) is 3.10. The van der Waals surface area contributed by atoms with Gasteiger partial charge in [0.2, 0.25) is 0 Å². The van der Waals surface area contributed by atoms with Crippen molar-refractivity contribution >= 4 is 0 Å². The van der Waals surface area contributed by atoms with Gasteiger partial charge in [-0.25, -0.2) is 0 Å². The Labute approximate surface area is 214 Å². The summed E-state index contributed by atoms with van der Waals surface area (Å²) in [7, 11) is 0. The van der Waals surface area contributed by atoms with Crippen LogP contribution in [0.2, 0.25) is 0 Å². The first-order valence-corrected chi connectivity index (χ1v) is 10.9. The van der Waals surface area contributed by atoms with Gasteiger partial charge in [-0.3, -0.25) is 9.80 Å². The summed E-state index contributed by atoms with van der Waals surface area (Å²) in [4.78, 5) is 5.42. The van der Waals surface area contributed by atoms with Crippen LogP contribution < -0.4 is 0 Å². The first-order valence-electron chi connectivity index (χ1n) is 10.9. The van der Waals surface area contributed by atoms with E-state index in [0.29, 0.717) is 23.1 Å². The molecule has 0 saturated carbocycles. The van der Waals surface area contributed by atoms with Crippen molar-refractivity contribution in [2.24, 2.45) is 5.41 Å². The zero-order valence-electron chi connectivity index (χ0n) is 20.0. The molecule has 4 aliphatic rings. The topological polar surface area (TPSA) is 29.8 Å². The molecule has 0 aromatic rings. The van der Waals surface area contributed by atoms with Gasteiger partial charge in [0.15, 0.2) is 0 Å². The maximum atomic E-state index is 5.26. The fourth-order valence-electron chi connectivity index (χ4n) is 4.58. The van der Waals surface area contributed by atoms with Gasteiger partial charge >= 0.3 is 31.1 Å². The molecule has 4 atom stereocenters. The van der Waals surface area contributed by atoms with Gasteiger partial charge in [0.25, 0.3) is 0 Å². The SMILES string of the molecule is C.C.C1OC2C[N-]C1C2.CC(C)(C)CN1CC2CC1CN2C(C)(C)C.C[C-](C)C.[U+2]. The van der Waals surface area contributed by atoms with E-state index in [0.717, 1.165) is 25.2 Å². The quantitative estimate of drug-likeness (QED) is 0.326. The van der Waals surface area contributed by atoms with Gasteiger partial charge in [-0.05, 0) is 39.0 Å². The number of ether oxygens (including phenoxy) is 1. The molecule has 0 amide bonds. The number of morpholine rings is 1. The van der Waals surface area contributed by atoms with Crippen LogP contribution in [-0.4, -0.2) is 72.4 Å². The van der Waals surface area contributed by atoms with E-state index in [2.05, 4.69) is 77.4 Å². The molecule has 4 heterocycles. The molecule has 178 valence electrons. The molecule has 4 aliphatic heterocycles. The maximum Gasteiger partial charge on any atom is 2.00 e. The molecule has 4 bridgehead atoms. The van der Waals surface area contributed by atoms with E-state index in [4.69, 9.17) is 4.74 Å². The Morgan fingerprint density at radius 3 is 1.73 bits per heavy atom. The minimum atomic E-state index is 0. The summed E-state index contributed by atoms with van der Waals surface area (Å²) in [5, 5.41) is 4.28. The van der Waals surface area contributed by atoms with Crippen molar-refractivity contribution < 1.29 is 35.9 Å². The molecule has 0 aromatic heterocycles. The number of nitrogens with zero attached hydrogens (tertiary/aromatic N) is 3. The molecule has 0 spiro atoms. The molecule has 0 N–H and O–H groups in total. The average molecular weight is 650 g/mol. The van der Waals surface area contributed by atoms with E-state index in [1.165, 1.54) is 38.4 Å². The van der Waals surface area contributed by atoms with Crippen molar-refractivity contribution in [2.45, 2.75) is 120 Å². The molecule has 4 unspecified atom stereocenters. The molecule has 4 nitrogen and oxygen atoms in total. The smallest absolute Gasteiger partial charge is 0.655 e. The van der Waals surface area contributed by atoms with Crippen molar-refractivity contribution in [3.8, 4) is 0 Å². The van der Waals surface area contributed by atoms with Crippen molar-refractivity contribution in [1.29, 1.82) is 0 Å². The van der Waals surface area contributed by atoms with E-state index in [9.17, 15) is 0 Å². The van der Waals surface area contributed by atoms with Crippen molar-refractivity contribution in [3.63, 3.8) is 0 Å². The third-order valence-corrected chi connectivity index (χ3v) is 5.52. The minimum Gasteiger partial charge on any atom is -0.655 e. The van der Waals surface area contributed by atoms with Crippen LogP contribution in [0.1, 0.15) is 90.0 Å².